The van der Waals surface area contributed by atoms with Gasteiger partial charge in [0.2, 0.25) is 0 Å². The van der Waals surface area contributed by atoms with E-state index in [1.165, 1.54) is 13.0 Å². The third kappa shape index (κ3) is 3.06. The molecule has 0 radical (unpaired) electrons. The van der Waals surface area contributed by atoms with Gasteiger partial charge in [-0.3, -0.25) is 9.89 Å². The summed E-state index contributed by atoms with van der Waals surface area (Å²) in [6, 6.07) is 2.52. The van der Waals surface area contributed by atoms with E-state index in [1.807, 2.05) is 18.5 Å². The number of aryl methyl sites for hydroxylation is 1. The van der Waals surface area contributed by atoms with Crippen LogP contribution < -0.4 is 5.32 Å². The topological polar surface area (TPSA) is 75.6 Å². The average Bonchev–Trinajstić information content (AvgIpc) is 3.21. The molecule has 1 fully saturated rings. The molecule has 8 heteroatoms. The van der Waals surface area contributed by atoms with Crippen molar-refractivity contribution in [3.05, 3.63) is 35.7 Å². The fourth-order valence-electron chi connectivity index (χ4n) is 3.91. The summed E-state index contributed by atoms with van der Waals surface area (Å²) in [6.07, 6.45) is 4.34. The van der Waals surface area contributed by atoms with Crippen LogP contribution in [0.1, 0.15) is 48.9 Å². The highest BCUT2D eigenvalue weighted by Crippen LogP contribution is 2.32. The number of fused-ring (bicyclic) bond motifs is 1. The van der Waals surface area contributed by atoms with E-state index in [0.29, 0.717) is 23.8 Å². The van der Waals surface area contributed by atoms with E-state index >= 15 is 0 Å². The van der Waals surface area contributed by atoms with Crippen LogP contribution in [0, 0.1) is 12.7 Å². The summed E-state index contributed by atoms with van der Waals surface area (Å²) >= 11 is 0. The number of hydrogen-bond donors (Lipinski definition) is 2. The van der Waals surface area contributed by atoms with Crippen LogP contribution >= 0.6 is 0 Å². The van der Waals surface area contributed by atoms with Crippen LogP contribution in [0.5, 0.6) is 0 Å². The minimum Gasteiger partial charge on any atom is -0.345 e. The fraction of sp³-hybridized carbons (Fsp3) is 0.450. The van der Waals surface area contributed by atoms with E-state index in [1.54, 1.807) is 12.3 Å². The highest BCUT2D eigenvalue weighted by atomic mass is 19.1. The first-order chi connectivity index (χ1) is 13.3. The predicted molar refractivity (Wildman–Crippen MR) is 102 cm³/mol. The van der Waals surface area contributed by atoms with Crippen molar-refractivity contribution in [2.45, 2.75) is 51.2 Å². The van der Waals surface area contributed by atoms with Gasteiger partial charge in [0, 0.05) is 18.0 Å². The van der Waals surface area contributed by atoms with Gasteiger partial charge in [-0.15, -0.1) is 0 Å². The molecule has 28 heavy (non-hydrogen) atoms. The van der Waals surface area contributed by atoms with Crippen molar-refractivity contribution in [3.63, 3.8) is 0 Å². The molecule has 4 rings (SSSR count). The summed E-state index contributed by atoms with van der Waals surface area (Å²) < 4.78 is 31.2. The molecular weight excluding hydrogens is 364 g/mol. The SMILES string of the molecule is Cc1ncc(-c2cc(F)c3n[nH]c(C(=O)N[C@@H]4CCCCC4(C)F)c3c2)n1C. The highest BCUT2D eigenvalue weighted by Gasteiger charge is 2.38. The standard InChI is InChI=1S/C20H23F2N5O/c1-11-23-10-15(27(11)3)12-8-13-17(14(21)9-12)25-26-18(13)19(28)24-16-6-4-5-7-20(16,2)22/h8-10,16H,4-7H2,1-3H3,(H,24,28)(H,25,26)/t16-,20?/m1/s1. The Balaban J connectivity index is 1.71. The maximum atomic E-state index is 14.7. The van der Waals surface area contributed by atoms with Gasteiger partial charge < -0.3 is 9.88 Å². The molecule has 1 aromatic carbocycles. The molecule has 1 saturated carbocycles. The molecule has 148 valence electrons. The van der Waals surface area contributed by atoms with Gasteiger partial charge >= 0.3 is 0 Å². The minimum atomic E-state index is -1.45. The Morgan fingerprint density at radius 3 is 2.86 bits per heavy atom. The Hall–Kier alpha value is -2.77. The Bertz CT molecular complexity index is 1050. The molecule has 2 atom stereocenters. The quantitative estimate of drug-likeness (QED) is 0.718. The third-order valence-electron chi connectivity index (χ3n) is 5.80. The zero-order valence-corrected chi connectivity index (χ0v) is 16.1. The number of rotatable bonds is 3. The smallest absolute Gasteiger partial charge is 0.270 e. The second-order valence-corrected chi connectivity index (χ2v) is 7.75. The van der Waals surface area contributed by atoms with Crippen LogP contribution in [0.3, 0.4) is 0 Å². The number of nitrogens with one attached hydrogen (secondary N) is 2. The number of amides is 1. The van der Waals surface area contributed by atoms with Crippen molar-refractivity contribution in [1.29, 1.82) is 0 Å². The van der Waals surface area contributed by atoms with E-state index in [0.717, 1.165) is 24.4 Å². The maximum absolute atomic E-state index is 14.7. The summed E-state index contributed by atoms with van der Waals surface area (Å²) in [5, 5.41) is 9.71. The third-order valence-corrected chi connectivity index (χ3v) is 5.80. The van der Waals surface area contributed by atoms with Crippen molar-refractivity contribution in [1.82, 2.24) is 25.1 Å². The first-order valence-electron chi connectivity index (χ1n) is 9.44. The molecule has 3 aromatic rings. The summed E-state index contributed by atoms with van der Waals surface area (Å²) in [7, 11) is 1.84. The van der Waals surface area contributed by atoms with Crippen LogP contribution in [0.2, 0.25) is 0 Å². The number of aromatic nitrogens is 4. The monoisotopic (exact) mass is 387 g/mol. The van der Waals surface area contributed by atoms with Crippen LogP contribution in [-0.2, 0) is 7.05 Å². The van der Waals surface area contributed by atoms with E-state index in [-0.39, 0.29) is 11.2 Å². The molecule has 1 aliphatic carbocycles. The Morgan fingerprint density at radius 2 is 2.18 bits per heavy atom. The number of imidazole rings is 1. The van der Waals surface area contributed by atoms with Crippen LogP contribution in [0.4, 0.5) is 8.78 Å². The minimum absolute atomic E-state index is 0.0828. The van der Waals surface area contributed by atoms with Gasteiger partial charge in [0.25, 0.3) is 5.91 Å². The molecule has 1 unspecified atom stereocenters. The van der Waals surface area contributed by atoms with Gasteiger partial charge in [0.15, 0.2) is 5.82 Å². The Kier molecular flexibility index (Phi) is 4.44. The number of H-pyrrole nitrogens is 1. The van der Waals surface area contributed by atoms with Gasteiger partial charge in [-0.05, 0) is 38.8 Å². The van der Waals surface area contributed by atoms with E-state index in [4.69, 9.17) is 0 Å². The first kappa shape index (κ1) is 18.6. The summed E-state index contributed by atoms with van der Waals surface area (Å²) in [4.78, 5) is 17.1. The van der Waals surface area contributed by atoms with Crippen LogP contribution in [-0.4, -0.2) is 37.4 Å². The predicted octanol–water partition coefficient (Wildman–Crippen LogP) is 3.81. The summed E-state index contributed by atoms with van der Waals surface area (Å²) in [5.74, 6) is -0.217. The number of aromatic amines is 1. The van der Waals surface area contributed by atoms with Crippen LogP contribution in [0.15, 0.2) is 18.3 Å². The lowest BCUT2D eigenvalue weighted by Gasteiger charge is -2.35. The van der Waals surface area contributed by atoms with Gasteiger partial charge in [0.1, 0.15) is 22.7 Å². The molecule has 6 nitrogen and oxygen atoms in total. The van der Waals surface area contributed by atoms with Crippen molar-refractivity contribution < 1.29 is 13.6 Å². The van der Waals surface area contributed by atoms with Gasteiger partial charge in [-0.1, -0.05) is 12.8 Å². The lowest BCUT2D eigenvalue weighted by Crippen LogP contribution is -2.50. The molecule has 2 N–H and O–H groups in total. The molecule has 1 aliphatic rings. The molecule has 1 amide bonds. The van der Waals surface area contributed by atoms with Gasteiger partial charge in [-0.25, -0.2) is 13.8 Å². The van der Waals surface area contributed by atoms with E-state index in [2.05, 4.69) is 20.5 Å². The van der Waals surface area contributed by atoms with Crippen molar-refractivity contribution in [2.24, 2.45) is 7.05 Å². The number of alkyl halides is 1. The molecule has 0 bridgehead atoms. The molecule has 0 saturated heterocycles. The van der Waals surface area contributed by atoms with Crippen molar-refractivity contribution >= 4 is 16.8 Å². The average molecular weight is 387 g/mol. The zero-order chi connectivity index (χ0) is 20.1. The lowest BCUT2D eigenvalue weighted by atomic mass is 9.83. The molecular formula is C20H23F2N5O. The summed E-state index contributed by atoms with van der Waals surface area (Å²) in [6.45, 7) is 3.37. The molecule has 2 aromatic heterocycles. The molecule has 0 aliphatic heterocycles. The highest BCUT2D eigenvalue weighted by molar-refractivity contribution is 6.05. The number of benzene rings is 1. The van der Waals surface area contributed by atoms with Crippen LogP contribution in [0.25, 0.3) is 22.2 Å². The van der Waals surface area contributed by atoms with Crippen molar-refractivity contribution in [3.8, 4) is 11.3 Å². The Labute approximate surface area is 161 Å². The number of carbonyl (C=O) groups excluding carboxylic acids is 1. The van der Waals surface area contributed by atoms with E-state index in [9.17, 15) is 13.6 Å². The largest absolute Gasteiger partial charge is 0.345 e. The van der Waals surface area contributed by atoms with Gasteiger partial charge in [-0.2, -0.15) is 5.10 Å². The van der Waals surface area contributed by atoms with E-state index < -0.39 is 23.4 Å². The number of hydrogen-bond acceptors (Lipinski definition) is 3. The normalized spacial score (nSPS) is 22.5. The first-order valence-corrected chi connectivity index (χ1v) is 9.44. The zero-order valence-electron chi connectivity index (χ0n) is 16.1. The molecule has 0 spiro atoms. The number of nitrogens with zero attached hydrogens (tertiary/aromatic N) is 3. The Morgan fingerprint density at radius 1 is 1.39 bits per heavy atom. The summed E-state index contributed by atoms with van der Waals surface area (Å²) in [5.41, 5.74) is 0.0910. The molecule has 2 heterocycles. The lowest BCUT2D eigenvalue weighted by molar-refractivity contribution is 0.0655. The second-order valence-electron chi connectivity index (χ2n) is 7.75. The number of carbonyl (C=O) groups is 1. The second kappa shape index (κ2) is 6.68. The van der Waals surface area contributed by atoms with Gasteiger partial charge in [0.05, 0.1) is 17.9 Å². The maximum Gasteiger partial charge on any atom is 0.270 e. The van der Waals surface area contributed by atoms with Crippen molar-refractivity contribution in [2.75, 3.05) is 0 Å². The number of halogens is 2. The fourth-order valence-corrected chi connectivity index (χ4v) is 3.91.